The Morgan fingerprint density at radius 2 is 1.86 bits per heavy atom. The van der Waals surface area contributed by atoms with Crippen LogP contribution in [0.3, 0.4) is 0 Å². The van der Waals surface area contributed by atoms with E-state index in [1.807, 2.05) is 26.0 Å². The van der Waals surface area contributed by atoms with Gasteiger partial charge in [-0.25, -0.2) is 0 Å². The van der Waals surface area contributed by atoms with E-state index < -0.39 is 0 Å². The van der Waals surface area contributed by atoms with Crippen molar-refractivity contribution in [1.82, 2.24) is 10.2 Å². The first-order chi connectivity index (χ1) is 9.95. The number of nitro benzene ring substituents is 1. The van der Waals surface area contributed by atoms with Gasteiger partial charge in [-0.2, -0.15) is 0 Å². The molecule has 1 aromatic carbocycles. The van der Waals surface area contributed by atoms with Crippen LogP contribution in [-0.4, -0.2) is 47.7 Å². The van der Waals surface area contributed by atoms with Gasteiger partial charge in [0.15, 0.2) is 0 Å². The molecule has 0 amide bonds. The highest BCUT2D eigenvalue weighted by Gasteiger charge is 2.35. The van der Waals surface area contributed by atoms with E-state index in [0.29, 0.717) is 0 Å². The fraction of sp³-hybridized carbons (Fsp3) is 0.600. The molecule has 0 unspecified atom stereocenters. The van der Waals surface area contributed by atoms with Crippen LogP contribution in [0, 0.1) is 15.5 Å². The largest absolute Gasteiger partial charge is 0.396 e. The first kappa shape index (κ1) is 18.8. The Hall–Kier alpha value is -1.21. The molecule has 2 rings (SSSR count). The normalized spacial score (nSPS) is 17.6. The average Bonchev–Trinajstić information content (AvgIpc) is 2.49. The van der Waals surface area contributed by atoms with E-state index in [1.54, 1.807) is 0 Å². The smallest absolute Gasteiger partial charge is 0.269 e. The van der Waals surface area contributed by atoms with Crippen molar-refractivity contribution in [3.05, 3.63) is 39.9 Å². The van der Waals surface area contributed by atoms with Gasteiger partial charge in [-0.3, -0.25) is 15.0 Å². The van der Waals surface area contributed by atoms with Gasteiger partial charge < -0.3 is 10.4 Å². The Kier molecular flexibility index (Phi) is 6.74. The molecule has 1 atom stereocenters. The lowest BCUT2D eigenvalue weighted by Crippen LogP contribution is -2.49. The Balaban J connectivity index is 0.00000242. The second-order valence-electron chi connectivity index (χ2n) is 6.18. The van der Waals surface area contributed by atoms with E-state index in [1.165, 1.54) is 12.1 Å². The third-order valence-corrected chi connectivity index (χ3v) is 4.08. The minimum atomic E-state index is -0.388. The molecule has 2 N–H and O–H groups in total. The lowest BCUT2D eigenvalue weighted by Gasteiger charge is -2.43. The second kappa shape index (κ2) is 7.87. The molecule has 1 aromatic rings. The number of aliphatic hydroxyl groups is 1. The topological polar surface area (TPSA) is 78.6 Å². The average molecular weight is 330 g/mol. The van der Waals surface area contributed by atoms with Gasteiger partial charge in [-0.05, 0) is 5.56 Å². The summed E-state index contributed by atoms with van der Waals surface area (Å²) in [4.78, 5) is 12.7. The summed E-state index contributed by atoms with van der Waals surface area (Å²) in [5, 5.41) is 23.9. The number of non-ortho nitro benzene ring substituents is 1. The molecule has 0 spiro atoms. The van der Waals surface area contributed by atoms with Crippen molar-refractivity contribution in [1.29, 1.82) is 0 Å². The van der Waals surface area contributed by atoms with Crippen molar-refractivity contribution in [3.8, 4) is 0 Å². The summed E-state index contributed by atoms with van der Waals surface area (Å²) >= 11 is 0. The molecular weight excluding hydrogens is 306 g/mol. The van der Waals surface area contributed by atoms with Crippen LogP contribution < -0.4 is 5.32 Å². The summed E-state index contributed by atoms with van der Waals surface area (Å²) in [5.41, 5.74) is 0.800. The summed E-state index contributed by atoms with van der Waals surface area (Å²) in [6.45, 7) is 7.78. The van der Waals surface area contributed by atoms with Crippen molar-refractivity contribution in [2.75, 3.05) is 32.8 Å². The zero-order chi connectivity index (χ0) is 15.5. The van der Waals surface area contributed by atoms with Gasteiger partial charge in [0, 0.05) is 56.4 Å². The number of aliphatic hydroxyl groups excluding tert-OH is 1. The molecule has 124 valence electrons. The van der Waals surface area contributed by atoms with Crippen molar-refractivity contribution < 1.29 is 10.0 Å². The first-order valence-corrected chi connectivity index (χ1v) is 7.26. The van der Waals surface area contributed by atoms with Gasteiger partial charge >= 0.3 is 0 Å². The number of hydrogen-bond donors (Lipinski definition) is 2. The van der Waals surface area contributed by atoms with E-state index in [0.717, 1.165) is 31.7 Å². The molecule has 0 aromatic heterocycles. The van der Waals surface area contributed by atoms with E-state index in [-0.39, 0.29) is 41.1 Å². The molecule has 1 aliphatic heterocycles. The minimum absolute atomic E-state index is 0. The van der Waals surface area contributed by atoms with Gasteiger partial charge in [-0.15, -0.1) is 12.4 Å². The first-order valence-electron chi connectivity index (χ1n) is 7.26. The Bertz CT molecular complexity index is 487. The van der Waals surface area contributed by atoms with E-state index >= 15 is 0 Å². The van der Waals surface area contributed by atoms with Crippen LogP contribution >= 0.6 is 12.4 Å². The molecule has 0 saturated carbocycles. The lowest BCUT2D eigenvalue weighted by molar-refractivity contribution is -0.384. The van der Waals surface area contributed by atoms with Crippen LogP contribution in [0.25, 0.3) is 0 Å². The quantitative estimate of drug-likeness (QED) is 0.638. The van der Waals surface area contributed by atoms with Crippen molar-refractivity contribution in [2.45, 2.75) is 19.9 Å². The van der Waals surface area contributed by atoms with E-state index in [9.17, 15) is 15.2 Å². The molecule has 0 bridgehead atoms. The molecule has 0 aliphatic carbocycles. The highest BCUT2D eigenvalue weighted by atomic mass is 35.5. The van der Waals surface area contributed by atoms with Crippen molar-refractivity contribution >= 4 is 18.1 Å². The summed E-state index contributed by atoms with van der Waals surface area (Å²) in [6, 6.07) is 6.74. The monoisotopic (exact) mass is 329 g/mol. The molecule has 1 fully saturated rings. The summed E-state index contributed by atoms with van der Waals surface area (Å²) < 4.78 is 0. The zero-order valence-corrected chi connectivity index (χ0v) is 13.8. The molecule has 1 saturated heterocycles. The molecule has 7 heteroatoms. The molecule has 1 heterocycles. The highest BCUT2D eigenvalue weighted by Crippen LogP contribution is 2.38. The van der Waals surface area contributed by atoms with Crippen LogP contribution in [0.15, 0.2) is 24.3 Å². The van der Waals surface area contributed by atoms with Gasteiger partial charge in [-0.1, -0.05) is 26.0 Å². The minimum Gasteiger partial charge on any atom is -0.396 e. The maximum atomic E-state index is 10.8. The maximum absolute atomic E-state index is 10.8. The third-order valence-electron chi connectivity index (χ3n) is 4.08. The number of nitrogens with one attached hydrogen (secondary N) is 1. The molecule has 1 aliphatic rings. The predicted molar refractivity (Wildman–Crippen MR) is 88.4 cm³/mol. The van der Waals surface area contributed by atoms with Crippen molar-refractivity contribution in [3.63, 3.8) is 0 Å². The Morgan fingerprint density at radius 1 is 1.32 bits per heavy atom. The SMILES string of the molecule is CC(C)(CO)[C@@H](c1ccc([N+](=O)[O-])cc1)N1CCNCC1.Cl. The van der Waals surface area contributed by atoms with Gasteiger partial charge in [0.1, 0.15) is 0 Å². The molecule has 6 nitrogen and oxygen atoms in total. The summed E-state index contributed by atoms with van der Waals surface area (Å²) in [6.07, 6.45) is 0. The molecule has 0 radical (unpaired) electrons. The van der Waals surface area contributed by atoms with E-state index in [2.05, 4.69) is 10.2 Å². The number of nitro groups is 1. The number of piperazine rings is 1. The molecule has 22 heavy (non-hydrogen) atoms. The number of halogens is 1. The Morgan fingerprint density at radius 3 is 2.32 bits per heavy atom. The number of nitrogens with zero attached hydrogens (tertiary/aromatic N) is 2. The number of benzene rings is 1. The zero-order valence-electron chi connectivity index (χ0n) is 13.0. The van der Waals surface area contributed by atoms with Crippen LogP contribution in [0.2, 0.25) is 0 Å². The second-order valence-corrected chi connectivity index (χ2v) is 6.18. The maximum Gasteiger partial charge on any atom is 0.269 e. The summed E-state index contributed by atoms with van der Waals surface area (Å²) in [7, 11) is 0. The van der Waals surface area contributed by atoms with Gasteiger partial charge in [0.2, 0.25) is 0 Å². The number of rotatable bonds is 5. The lowest BCUT2D eigenvalue weighted by atomic mass is 9.79. The van der Waals surface area contributed by atoms with Crippen LogP contribution in [0.4, 0.5) is 5.69 Å². The van der Waals surface area contributed by atoms with Gasteiger partial charge in [0.05, 0.1) is 4.92 Å². The van der Waals surface area contributed by atoms with Gasteiger partial charge in [0.25, 0.3) is 5.69 Å². The standard InChI is InChI=1S/C15H23N3O3.ClH/c1-15(2,11-19)14(17-9-7-16-8-10-17)12-3-5-13(6-4-12)18(20)21;/h3-6,14,16,19H,7-11H2,1-2H3;1H/t14-;/m1./s1. The third kappa shape index (κ3) is 4.16. The van der Waals surface area contributed by atoms with Crippen molar-refractivity contribution in [2.24, 2.45) is 5.41 Å². The highest BCUT2D eigenvalue weighted by molar-refractivity contribution is 5.85. The number of hydrogen-bond acceptors (Lipinski definition) is 5. The van der Waals surface area contributed by atoms with Crippen LogP contribution in [-0.2, 0) is 0 Å². The Labute approximate surface area is 137 Å². The fourth-order valence-electron chi connectivity index (χ4n) is 2.96. The van der Waals surface area contributed by atoms with Crippen LogP contribution in [0.5, 0.6) is 0 Å². The fourth-order valence-corrected chi connectivity index (χ4v) is 2.96. The summed E-state index contributed by atoms with van der Waals surface area (Å²) in [5.74, 6) is 0. The predicted octanol–water partition coefficient (Wildman–Crippen LogP) is 1.98. The van der Waals surface area contributed by atoms with E-state index in [4.69, 9.17) is 0 Å². The van der Waals surface area contributed by atoms with Crippen LogP contribution in [0.1, 0.15) is 25.5 Å². The molecular formula is C15H24ClN3O3.